The van der Waals surface area contributed by atoms with Crippen LogP contribution < -0.4 is 16.2 Å². The first-order chi connectivity index (χ1) is 12.9. The van der Waals surface area contributed by atoms with Crippen molar-refractivity contribution in [3.8, 4) is 0 Å². The predicted molar refractivity (Wildman–Crippen MR) is 113 cm³/mol. The van der Waals surface area contributed by atoms with Gasteiger partial charge in [-0.2, -0.15) is 0 Å². The Bertz CT molecular complexity index is 933. The molecule has 0 aromatic heterocycles. The zero-order chi connectivity index (χ0) is 19.8. The van der Waals surface area contributed by atoms with Crippen LogP contribution in [0.4, 0.5) is 5.69 Å². The van der Waals surface area contributed by atoms with Gasteiger partial charge >= 0.3 is 0 Å². The molecule has 0 radical (unpaired) electrons. The summed E-state index contributed by atoms with van der Waals surface area (Å²) >= 11 is 6.97. The summed E-state index contributed by atoms with van der Waals surface area (Å²) in [5.41, 5.74) is 5.70. The van der Waals surface area contributed by atoms with E-state index < -0.39 is 16.7 Å². The standard InChI is InChI=1S/C17H13IN4O4S/c18-14-7-2-1-6-13(14)16(24)20-21-17(27)19-15(23)9-8-11-4-3-5-12(10-11)22(25)26/h1-10H,(H,20,24)(H2,19,21,23,27)/b9-8+. The van der Waals surface area contributed by atoms with E-state index in [-0.39, 0.29) is 10.8 Å². The van der Waals surface area contributed by atoms with Crippen LogP contribution in [0.25, 0.3) is 6.08 Å². The van der Waals surface area contributed by atoms with E-state index in [1.807, 2.05) is 28.7 Å². The molecule has 27 heavy (non-hydrogen) atoms. The van der Waals surface area contributed by atoms with Crippen LogP contribution in [0.2, 0.25) is 0 Å². The third kappa shape index (κ3) is 6.42. The van der Waals surface area contributed by atoms with Crippen molar-refractivity contribution in [1.82, 2.24) is 16.2 Å². The molecular weight excluding hydrogens is 483 g/mol. The minimum atomic E-state index is -0.553. The van der Waals surface area contributed by atoms with Crippen molar-refractivity contribution in [2.45, 2.75) is 0 Å². The highest BCUT2D eigenvalue weighted by Crippen LogP contribution is 2.14. The van der Waals surface area contributed by atoms with E-state index in [1.54, 1.807) is 24.3 Å². The molecule has 0 heterocycles. The molecule has 10 heteroatoms. The number of thiocarbonyl (C=S) groups is 1. The molecule has 0 aliphatic carbocycles. The third-order valence-corrected chi connectivity index (χ3v) is 4.30. The van der Waals surface area contributed by atoms with Gasteiger partial charge in [0.25, 0.3) is 11.6 Å². The van der Waals surface area contributed by atoms with E-state index >= 15 is 0 Å². The van der Waals surface area contributed by atoms with Crippen molar-refractivity contribution in [2.75, 3.05) is 0 Å². The van der Waals surface area contributed by atoms with Gasteiger partial charge in [-0.3, -0.25) is 35.9 Å². The van der Waals surface area contributed by atoms with Crippen molar-refractivity contribution in [3.63, 3.8) is 0 Å². The Morgan fingerprint density at radius 3 is 2.56 bits per heavy atom. The summed E-state index contributed by atoms with van der Waals surface area (Å²) in [5, 5.41) is 13.0. The fraction of sp³-hybridized carbons (Fsp3) is 0. The summed E-state index contributed by atoms with van der Waals surface area (Å²) in [6.45, 7) is 0. The van der Waals surface area contributed by atoms with Crippen LogP contribution in [0.1, 0.15) is 15.9 Å². The molecule has 3 N–H and O–H groups in total. The van der Waals surface area contributed by atoms with Crippen molar-refractivity contribution in [1.29, 1.82) is 0 Å². The number of halogens is 1. The summed E-state index contributed by atoms with van der Waals surface area (Å²) in [7, 11) is 0. The fourth-order valence-corrected chi connectivity index (χ4v) is 2.71. The second-order valence-electron chi connectivity index (χ2n) is 5.06. The Balaban J connectivity index is 1.86. The van der Waals surface area contributed by atoms with Gasteiger partial charge in [-0.25, -0.2) is 0 Å². The van der Waals surface area contributed by atoms with Gasteiger partial charge in [0, 0.05) is 21.8 Å². The van der Waals surface area contributed by atoms with Gasteiger partial charge in [0.1, 0.15) is 0 Å². The molecule has 2 rings (SSSR count). The molecule has 0 unspecified atom stereocenters. The molecule has 2 aromatic carbocycles. The first-order valence-corrected chi connectivity index (χ1v) is 8.94. The molecular formula is C17H13IN4O4S. The molecule has 0 spiro atoms. The topological polar surface area (TPSA) is 113 Å². The number of hydrogen-bond donors (Lipinski definition) is 3. The maximum absolute atomic E-state index is 12.0. The maximum Gasteiger partial charge on any atom is 0.270 e. The molecule has 2 aromatic rings. The molecule has 0 aliphatic heterocycles. The van der Waals surface area contributed by atoms with E-state index in [9.17, 15) is 19.7 Å². The van der Waals surface area contributed by atoms with Gasteiger partial charge in [-0.05, 0) is 58.6 Å². The molecule has 0 fully saturated rings. The third-order valence-electron chi connectivity index (χ3n) is 3.15. The number of hydrazine groups is 1. The Kier molecular flexibility index (Phi) is 7.37. The highest BCUT2D eigenvalue weighted by molar-refractivity contribution is 14.1. The quantitative estimate of drug-likeness (QED) is 0.197. The molecule has 0 atom stereocenters. The molecule has 8 nitrogen and oxygen atoms in total. The Labute approximate surface area is 173 Å². The van der Waals surface area contributed by atoms with Crippen LogP contribution in [-0.2, 0) is 4.79 Å². The molecule has 0 saturated carbocycles. The highest BCUT2D eigenvalue weighted by Gasteiger charge is 2.09. The zero-order valence-corrected chi connectivity index (χ0v) is 16.6. The Morgan fingerprint density at radius 1 is 1.11 bits per heavy atom. The van der Waals surface area contributed by atoms with Gasteiger partial charge in [0.15, 0.2) is 5.11 Å². The number of carbonyl (C=O) groups is 2. The minimum absolute atomic E-state index is 0.0759. The minimum Gasteiger partial charge on any atom is -0.298 e. The summed E-state index contributed by atoms with van der Waals surface area (Å²) in [6.07, 6.45) is 2.59. The first kappa shape index (κ1) is 20.5. The number of nitrogens with zero attached hydrogens (tertiary/aromatic N) is 1. The lowest BCUT2D eigenvalue weighted by atomic mass is 10.2. The first-order valence-electron chi connectivity index (χ1n) is 7.45. The molecule has 138 valence electrons. The average molecular weight is 496 g/mol. The normalized spacial score (nSPS) is 10.3. The number of amides is 2. The fourth-order valence-electron chi connectivity index (χ4n) is 1.92. The van der Waals surface area contributed by atoms with E-state index in [1.165, 1.54) is 30.4 Å². The Morgan fingerprint density at radius 2 is 1.85 bits per heavy atom. The highest BCUT2D eigenvalue weighted by atomic mass is 127. The van der Waals surface area contributed by atoms with Crippen LogP contribution in [-0.4, -0.2) is 21.9 Å². The van der Waals surface area contributed by atoms with E-state index in [0.29, 0.717) is 11.1 Å². The number of nitrogens with one attached hydrogen (secondary N) is 3. The molecule has 0 saturated heterocycles. The average Bonchev–Trinajstić information content (AvgIpc) is 2.65. The number of non-ortho nitro benzene ring substituents is 1. The van der Waals surface area contributed by atoms with Crippen LogP contribution in [0, 0.1) is 13.7 Å². The lowest BCUT2D eigenvalue weighted by molar-refractivity contribution is -0.384. The Hall–Kier alpha value is -2.86. The number of hydrogen-bond acceptors (Lipinski definition) is 5. The van der Waals surface area contributed by atoms with E-state index in [2.05, 4.69) is 16.2 Å². The van der Waals surface area contributed by atoms with Crippen LogP contribution in [0.15, 0.2) is 54.6 Å². The van der Waals surface area contributed by atoms with Crippen molar-refractivity contribution in [3.05, 3.63) is 79.4 Å². The van der Waals surface area contributed by atoms with Crippen molar-refractivity contribution >= 4 is 63.5 Å². The van der Waals surface area contributed by atoms with Gasteiger partial charge < -0.3 is 0 Å². The maximum atomic E-state index is 12.0. The van der Waals surface area contributed by atoms with Crippen molar-refractivity contribution in [2.24, 2.45) is 0 Å². The van der Waals surface area contributed by atoms with Gasteiger partial charge in [0.05, 0.1) is 10.5 Å². The van der Waals surface area contributed by atoms with E-state index in [4.69, 9.17) is 12.2 Å². The summed E-state index contributed by atoms with van der Waals surface area (Å²) < 4.78 is 0.768. The second kappa shape index (κ2) is 9.73. The van der Waals surface area contributed by atoms with Gasteiger partial charge in [0.2, 0.25) is 5.91 Å². The number of nitro groups is 1. The SMILES string of the molecule is O=C(/C=C/c1cccc([N+](=O)[O-])c1)NC(=S)NNC(=O)c1ccccc1I. The van der Waals surface area contributed by atoms with Gasteiger partial charge in [-0.1, -0.05) is 24.3 Å². The van der Waals surface area contributed by atoms with Crippen LogP contribution in [0.5, 0.6) is 0 Å². The van der Waals surface area contributed by atoms with Crippen LogP contribution >= 0.6 is 34.8 Å². The number of nitro benzene ring substituents is 1. The molecule has 2 amide bonds. The van der Waals surface area contributed by atoms with Crippen molar-refractivity contribution < 1.29 is 14.5 Å². The summed E-state index contributed by atoms with van der Waals surface area (Å²) in [4.78, 5) is 34.1. The van der Waals surface area contributed by atoms with Crippen LogP contribution in [0.3, 0.4) is 0 Å². The molecule has 0 aliphatic rings. The molecule has 0 bridgehead atoms. The predicted octanol–water partition coefficient (Wildman–Crippen LogP) is 2.55. The largest absolute Gasteiger partial charge is 0.298 e. The zero-order valence-electron chi connectivity index (χ0n) is 13.6. The summed E-state index contributed by atoms with van der Waals surface area (Å²) in [5.74, 6) is -0.953. The second-order valence-corrected chi connectivity index (χ2v) is 6.63. The van der Waals surface area contributed by atoms with Gasteiger partial charge in [-0.15, -0.1) is 0 Å². The summed E-state index contributed by atoms with van der Waals surface area (Å²) in [6, 6.07) is 12.8. The lowest BCUT2D eigenvalue weighted by Gasteiger charge is -2.10. The number of carbonyl (C=O) groups excluding carboxylic acids is 2. The van der Waals surface area contributed by atoms with E-state index in [0.717, 1.165) is 3.57 Å². The number of benzene rings is 2. The smallest absolute Gasteiger partial charge is 0.270 e. The number of rotatable bonds is 4. The lowest BCUT2D eigenvalue weighted by Crippen LogP contribution is -2.48. The monoisotopic (exact) mass is 496 g/mol.